The Morgan fingerprint density at radius 3 is 2.23 bits per heavy atom. The number of hydrogen-bond donors (Lipinski definition) is 0. The molecule has 1 aliphatic carbocycles. The van der Waals surface area contributed by atoms with Gasteiger partial charge < -0.3 is 4.74 Å². The molecular weight excluding hydrogens is 515 g/mol. The molecule has 192 valence electrons. The summed E-state index contributed by atoms with van der Waals surface area (Å²) in [4.78, 5) is -0.462. The van der Waals surface area contributed by atoms with Crippen LogP contribution in [0.25, 0.3) is 0 Å². The number of hydrogen-bond acceptors (Lipinski definition) is 5. The molecule has 0 N–H and O–H groups in total. The molecule has 2 aromatic rings. The summed E-state index contributed by atoms with van der Waals surface area (Å²) in [5.74, 6) is -4.19. The molecule has 3 atom stereocenters. The first-order chi connectivity index (χ1) is 16.2. The quantitative estimate of drug-likeness (QED) is 0.507. The Balaban J connectivity index is 1.92. The fourth-order valence-corrected chi connectivity index (χ4v) is 8.61. The van der Waals surface area contributed by atoms with Crippen LogP contribution in [0.1, 0.15) is 36.8 Å². The Kier molecular flexibility index (Phi) is 6.45. The third-order valence-electron chi connectivity index (χ3n) is 7.01. The second-order valence-electron chi connectivity index (χ2n) is 9.14. The van der Waals surface area contributed by atoms with Gasteiger partial charge in [-0.3, -0.25) is 0 Å². The van der Waals surface area contributed by atoms with Gasteiger partial charge in [-0.1, -0.05) is 6.42 Å². The van der Waals surface area contributed by atoms with Crippen LogP contribution >= 0.6 is 0 Å². The Morgan fingerprint density at radius 2 is 1.63 bits per heavy atom. The molecule has 12 heteroatoms. The van der Waals surface area contributed by atoms with E-state index in [4.69, 9.17) is 4.74 Å². The van der Waals surface area contributed by atoms with Crippen molar-refractivity contribution in [1.82, 2.24) is 0 Å². The van der Waals surface area contributed by atoms with Gasteiger partial charge in [0.2, 0.25) is 0 Å². The van der Waals surface area contributed by atoms with Crippen LogP contribution < -0.4 is 4.74 Å². The Labute approximate surface area is 200 Å². The van der Waals surface area contributed by atoms with Crippen LogP contribution in [-0.4, -0.2) is 35.5 Å². The van der Waals surface area contributed by atoms with E-state index in [1.165, 1.54) is 0 Å². The first-order valence-corrected chi connectivity index (χ1v) is 14.4. The minimum absolute atomic E-state index is 0.0867. The SMILES string of the molecule is CS(=O)(=O)CC[C@@H]1CCC[C@@]2(S(=O)(=O)c3ccc(C(F)(F)F)cc3)c3c(F)ccc(F)c3OC[C@@H]12. The van der Waals surface area contributed by atoms with Crippen LogP contribution in [0.15, 0.2) is 41.3 Å². The molecule has 0 radical (unpaired) electrons. The molecule has 0 spiro atoms. The third-order valence-corrected chi connectivity index (χ3v) is 10.6. The van der Waals surface area contributed by atoms with Crippen molar-refractivity contribution < 1.29 is 43.5 Å². The maximum atomic E-state index is 15.3. The summed E-state index contributed by atoms with van der Waals surface area (Å²) < 4.78 is 124. The van der Waals surface area contributed by atoms with E-state index in [-0.39, 0.29) is 31.6 Å². The van der Waals surface area contributed by atoms with Crippen molar-refractivity contribution >= 4 is 19.7 Å². The Hall–Kier alpha value is -2.21. The molecule has 4 rings (SSSR count). The standard InChI is InChI=1S/C23H23F5O5S2/c1-34(29,30)12-10-14-3-2-11-22(17(14)13-33-21-19(25)9-8-18(24)20(21)22)35(31,32)16-6-4-15(5-7-16)23(26,27)28/h4-9,14,17H,2-3,10-13H2,1H3/t14-,17-,22-/m0/s1. The van der Waals surface area contributed by atoms with E-state index in [1.54, 1.807) is 0 Å². The van der Waals surface area contributed by atoms with Gasteiger partial charge in [-0.05, 0) is 61.6 Å². The molecule has 1 heterocycles. The summed E-state index contributed by atoms with van der Waals surface area (Å²) >= 11 is 0. The second-order valence-corrected chi connectivity index (χ2v) is 13.6. The van der Waals surface area contributed by atoms with Gasteiger partial charge in [-0.15, -0.1) is 0 Å². The third kappa shape index (κ3) is 4.43. The van der Waals surface area contributed by atoms with Crippen molar-refractivity contribution in [2.24, 2.45) is 11.8 Å². The minimum atomic E-state index is -4.69. The number of fused-ring (bicyclic) bond motifs is 3. The summed E-state index contributed by atoms with van der Waals surface area (Å²) in [6, 6.07) is 4.50. The molecule has 0 bridgehead atoms. The number of benzene rings is 2. The summed E-state index contributed by atoms with van der Waals surface area (Å²) in [6.45, 7) is -0.304. The lowest BCUT2D eigenvalue weighted by Gasteiger charge is -2.50. The number of alkyl halides is 3. The lowest BCUT2D eigenvalue weighted by molar-refractivity contribution is -0.137. The molecule has 2 aliphatic rings. The Bertz CT molecular complexity index is 1340. The predicted molar refractivity (Wildman–Crippen MR) is 117 cm³/mol. The van der Waals surface area contributed by atoms with Gasteiger partial charge in [-0.2, -0.15) is 13.2 Å². The molecule has 0 aromatic heterocycles. The fraction of sp³-hybridized carbons (Fsp3) is 0.478. The second kappa shape index (κ2) is 8.72. The predicted octanol–water partition coefficient (Wildman–Crippen LogP) is 4.90. The Morgan fingerprint density at radius 1 is 1.00 bits per heavy atom. The van der Waals surface area contributed by atoms with Crippen molar-refractivity contribution in [3.05, 3.63) is 59.2 Å². The number of halogens is 5. The zero-order chi connectivity index (χ0) is 25.8. The van der Waals surface area contributed by atoms with Crippen LogP contribution in [0.5, 0.6) is 5.75 Å². The van der Waals surface area contributed by atoms with Gasteiger partial charge in [0.25, 0.3) is 0 Å². The summed E-state index contributed by atoms with van der Waals surface area (Å²) in [6.07, 6.45) is -2.97. The molecule has 0 amide bonds. The van der Waals surface area contributed by atoms with E-state index < -0.39 is 75.8 Å². The van der Waals surface area contributed by atoms with Crippen molar-refractivity contribution in [2.45, 2.75) is 41.5 Å². The van der Waals surface area contributed by atoms with Gasteiger partial charge in [0.05, 0.1) is 28.4 Å². The molecule has 1 aliphatic heterocycles. The van der Waals surface area contributed by atoms with Crippen LogP contribution in [-0.2, 0) is 30.6 Å². The normalized spacial score (nSPS) is 24.9. The summed E-state index contributed by atoms with van der Waals surface area (Å²) in [5, 5.41) is 0. The van der Waals surface area contributed by atoms with Gasteiger partial charge in [0.15, 0.2) is 21.4 Å². The van der Waals surface area contributed by atoms with E-state index >= 15 is 4.39 Å². The highest BCUT2D eigenvalue weighted by molar-refractivity contribution is 7.92. The van der Waals surface area contributed by atoms with Crippen molar-refractivity contribution in [1.29, 1.82) is 0 Å². The molecule has 1 saturated carbocycles. The number of sulfone groups is 2. The molecule has 5 nitrogen and oxygen atoms in total. The number of ether oxygens (including phenoxy) is 1. The van der Waals surface area contributed by atoms with Crippen molar-refractivity contribution in [2.75, 3.05) is 18.6 Å². The molecule has 0 unspecified atom stereocenters. The van der Waals surface area contributed by atoms with E-state index in [1.807, 2.05) is 0 Å². The average Bonchev–Trinajstić information content (AvgIpc) is 2.78. The topological polar surface area (TPSA) is 77.5 Å². The lowest BCUT2D eigenvalue weighted by Crippen LogP contribution is -2.54. The summed E-state index contributed by atoms with van der Waals surface area (Å²) in [5.41, 5.74) is -1.54. The first kappa shape index (κ1) is 25.9. The lowest BCUT2D eigenvalue weighted by atomic mass is 9.66. The van der Waals surface area contributed by atoms with E-state index in [0.717, 1.165) is 30.5 Å². The molecule has 2 aromatic carbocycles. The largest absolute Gasteiger partial charge is 0.490 e. The van der Waals surface area contributed by atoms with Crippen molar-refractivity contribution in [3.8, 4) is 5.75 Å². The minimum Gasteiger partial charge on any atom is -0.490 e. The average molecular weight is 539 g/mol. The molecule has 35 heavy (non-hydrogen) atoms. The number of rotatable bonds is 5. The summed E-state index contributed by atoms with van der Waals surface area (Å²) in [7, 11) is -7.98. The van der Waals surface area contributed by atoms with Gasteiger partial charge >= 0.3 is 6.18 Å². The maximum absolute atomic E-state index is 15.3. The molecule has 0 saturated heterocycles. The van der Waals surface area contributed by atoms with Crippen LogP contribution in [0.4, 0.5) is 22.0 Å². The van der Waals surface area contributed by atoms with Crippen LogP contribution in [0.3, 0.4) is 0 Å². The highest BCUT2D eigenvalue weighted by Gasteiger charge is 2.60. The van der Waals surface area contributed by atoms with Crippen LogP contribution in [0.2, 0.25) is 0 Å². The van der Waals surface area contributed by atoms with E-state index in [0.29, 0.717) is 18.6 Å². The first-order valence-electron chi connectivity index (χ1n) is 10.9. The maximum Gasteiger partial charge on any atom is 0.416 e. The molecular formula is C23H23F5O5S2. The van der Waals surface area contributed by atoms with Crippen LogP contribution in [0, 0.1) is 23.5 Å². The van der Waals surface area contributed by atoms with Gasteiger partial charge in [0, 0.05) is 12.2 Å². The zero-order valence-corrected chi connectivity index (χ0v) is 20.2. The van der Waals surface area contributed by atoms with E-state index in [2.05, 4.69) is 0 Å². The smallest absolute Gasteiger partial charge is 0.416 e. The van der Waals surface area contributed by atoms with E-state index in [9.17, 15) is 34.4 Å². The fourth-order valence-electron chi connectivity index (χ4n) is 5.43. The van der Waals surface area contributed by atoms with Gasteiger partial charge in [-0.25, -0.2) is 25.6 Å². The van der Waals surface area contributed by atoms with Gasteiger partial charge in [0.1, 0.15) is 20.4 Å². The highest BCUT2D eigenvalue weighted by Crippen LogP contribution is 2.58. The zero-order valence-electron chi connectivity index (χ0n) is 18.6. The highest BCUT2D eigenvalue weighted by atomic mass is 32.2. The van der Waals surface area contributed by atoms with Crippen molar-refractivity contribution in [3.63, 3.8) is 0 Å². The molecule has 1 fully saturated rings. The monoisotopic (exact) mass is 538 g/mol.